The van der Waals surface area contributed by atoms with Crippen LogP contribution in [0.1, 0.15) is 30.1 Å². The summed E-state index contributed by atoms with van der Waals surface area (Å²) < 4.78 is 14.5. The molecule has 0 unspecified atom stereocenters. The van der Waals surface area contributed by atoms with Gasteiger partial charge in [0.15, 0.2) is 6.10 Å². The smallest absolute Gasteiger partial charge is 0.338 e. The Bertz CT molecular complexity index is 640. The third kappa shape index (κ3) is 8.48. The highest BCUT2D eigenvalue weighted by Crippen LogP contribution is 2.11. The average molecular weight is 380 g/mol. The third-order valence-electron chi connectivity index (χ3n) is 3.48. The second-order valence-corrected chi connectivity index (χ2v) is 5.64. The molecule has 148 valence electrons. The van der Waals surface area contributed by atoms with Crippen LogP contribution in [0, 0.1) is 0 Å². The fraction of sp³-hybridized carbons (Fsp3) is 0.421. The molecule has 0 saturated carbocycles. The minimum atomic E-state index is -1.74. The van der Waals surface area contributed by atoms with Crippen molar-refractivity contribution in [1.82, 2.24) is 0 Å². The molecule has 0 aliphatic rings. The Labute approximate surface area is 157 Å². The van der Waals surface area contributed by atoms with E-state index in [2.05, 4.69) is 4.74 Å². The van der Waals surface area contributed by atoms with Crippen LogP contribution in [-0.4, -0.2) is 60.1 Å². The van der Waals surface area contributed by atoms with Gasteiger partial charge in [-0.25, -0.2) is 9.59 Å². The molecule has 0 bridgehead atoms. The molecule has 8 heteroatoms. The highest BCUT2D eigenvalue weighted by atomic mass is 16.5. The van der Waals surface area contributed by atoms with Crippen LogP contribution in [0.5, 0.6) is 0 Å². The fourth-order valence-electron chi connectivity index (χ4n) is 2.15. The first-order valence-corrected chi connectivity index (χ1v) is 8.35. The van der Waals surface area contributed by atoms with E-state index >= 15 is 0 Å². The Hall–Kier alpha value is -2.71. The Morgan fingerprint density at radius 1 is 1.15 bits per heavy atom. The SMILES string of the molecule is COC(=O)[C@@H](O)[C@@H](O)C[C@H](/C=C\CCOC(=O)c1ccccc1)OC(C)=O. The van der Waals surface area contributed by atoms with Gasteiger partial charge in [-0.3, -0.25) is 4.79 Å². The summed E-state index contributed by atoms with van der Waals surface area (Å²) in [5, 5.41) is 19.5. The van der Waals surface area contributed by atoms with Crippen LogP contribution in [0.15, 0.2) is 42.5 Å². The number of aliphatic hydroxyl groups is 2. The number of esters is 3. The summed E-state index contributed by atoms with van der Waals surface area (Å²) in [6, 6.07) is 8.54. The summed E-state index contributed by atoms with van der Waals surface area (Å²) in [5.41, 5.74) is 0.444. The summed E-state index contributed by atoms with van der Waals surface area (Å²) in [6.07, 6.45) is -0.812. The molecule has 0 spiro atoms. The Morgan fingerprint density at radius 3 is 2.41 bits per heavy atom. The maximum atomic E-state index is 11.8. The van der Waals surface area contributed by atoms with Crippen LogP contribution >= 0.6 is 0 Å². The highest BCUT2D eigenvalue weighted by Gasteiger charge is 2.28. The van der Waals surface area contributed by atoms with Gasteiger partial charge in [-0.1, -0.05) is 24.3 Å². The minimum Gasteiger partial charge on any atom is -0.467 e. The van der Waals surface area contributed by atoms with E-state index < -0.39 is 36.2 Å². The maximum Gasteiger partial charge on any atom is 0.338 e. The molecule has 0 fully saturated rings. The van der Waals surface area contributed by atoms with Gasteiger partial charge < -0.3 is 24.4 Å². The highest BCUT2D eigenvalue weighted by molar-refractivity contribution is 5.89. The lowest BCUT2D eigenvalue weighted by Crippen LogP contribution is -2.37. The summed E-state index contributed by atoms with van der Waals surface area (Å²) in [5.74, 6) is -2.02. The Balaban J connectivity index is 2.49. The number of hydrogen-bond acceptors (Lipinski definition) is 8. The lowest BCUT2D eigenvalue weighted by molar-refractivity contribution is -0.158. The van der Waals surface area contributed by atoms with Gasteiger partial charge >= 0.3 is 17.9 Å². The van der Waals surface area contributed by atoms with Gasteiger partial charge in [0, 0.05) is 13.3 Å². The number of hydrogen-bond donors (Lipinski definition) is 2. The zero-order chi connectivity index (χ0) is 20.2. The molecule has 0 aromatic heterocycles. The van der Waals surface area contributed by atoms with Gasteiger partial charge in [-0.05, 0) is 24.6 Å². The quantitative estimate of drug-likeness (QED) is 0.267. The standard InChI is InChI=1S/C19H24O8/c1-13(20)27-15(12-16(21)17(22)19(24)25-2)10-6-7-11-26-18(23)14-8-4-3-5-9-14/h3-6,8-10,15-17,21-22H,7,11-12H2,1-2H3/b10-6-/t15-,16-,17-/m0/s1. The topological polar surface area (TPSA) is 119 Å². The van der Waals surface area contributed by atoms with Crippen molar-refractivity contribution < 1.29 is 38.8 Å². The number of aliphatic hydroxyl groups excluding tert-OH is 2. The van der Waals surface area contributed by atoms with Crippen LogP contribution in [0.4, 0.5) is 0 Å². The number of methoxy groups -OCH3 is 1. The van der Waals surface area contributed by atoms with Crippen molar-refractivity contribution in [2.75, 3.05) is 13.7 Å². The van der Waals surface area contributed by atoms with Crippen molar-refractivity contribution in [3.05, 3.63) is 48.0 Å². The van der Waals surface area contributed by atoms with Crippen LogP contribution in [0.2, 0.25) is 0 Å². The van der Waals surface area contributed by atoms with Crippen molar-refractivity contribution in [3.8, 4) is 0 Å². The average Bonchev–Trinajstić information content (AvgIpc) is 2.66. The summed E-state index contributed by atoms with van der Waals surface area (Å²) >= 11 is 0. The van der Waals surface area contributed by atoms with Crippen molar-refractivity contribution in [2.45, 2.75) is 38.1 Å². The van der Waals surface area contributed by atoms with Crippen molar-refractivity contribution in [3.63, 3.8) is 0 Å². The van der Waals surface area contributed by atoms with Crippen LogP contribution in [-0.2, 0) is 23.8 Å². The summed E-state index contributed by atoms with van der Waals surface area (Å²) in [6.45, 7) is 1.32. The molecule has 0 aliphatic heterocycles. The second-order valence-electron chi connectivity index (χ2n) is 5.64. The predicted molar refractivity (Wildman–Crippen MR) is 94.7 cm³/mol. The Kier molecular flexibility index (Phi) is 9.78. The molecule has 1 aromatic rings. The van der Waals surface area contributed by atoms with Gasteiger partial charge in [-0.15, -0.1) is 0 Å². The number of ether oxygens (including phenoxy) is 3. The molecule has 1 aromatic carbocycles. The van der Waals surface area contributed by atoms with E-state index in [1.807, 2.05) is 0 Å². The van der Waals surface area contributed by atoms with E-state index in [0.717, 1.165) is 7.11 Å². The van der Waals surface area contributed by atoms with Crippen molar-refractivity contribution in [2.24, 2.45) is 0 Å². The first kappa shape index (κ1) is 22.3. The van der Waals surface area contributed by atoms with Gasteiger partial charge in [0.25, 0.3) is 0 Å². The molecule has 8 nitrogen and oxygen atoms in total. The van der Waals surface area contributed by atoms with E-state index in [-0.39, 0.29) is 13.0 Å². The van der Waals surface area contributed by atoms with Gasteiger partial charge in [0.2, 0.25) is 0 Å². The van der Waals surface area contributed by atoms with Gasteiger partial charge in [0.05, 0.1) is 25.4 Å². The van der Waals surface area contributed by atoms with E-state index in [0.29, 0.717) is 12.0 Å². The molecule has 3 atom stereocenters. The maximum absolute atomic E-state index is 11.8. The number of benzene rings is 1. The van der Waals surface area contributed by atoms with Crippen LogP contribution in [0.25, 0.3) is 0 Å². The van der Waals surface area contributed by atoms with Crippen molar-refractivity contribution >= 4 is 17.9 Å². The molecule has 0 saturated heterocycles. The molecule has 2 N–H and O–H groups in total. The monoisotopic (exact) mass is 380 g/mol. The normalized spacial score (nSPS) is 14.2. The van der Waals surface area contributed by atoms with Crippen LogP contribution < -0.4 is 0 Å². The van der Waals surface area contributed by atoms with Gasteiger partial charge in [0.1, 0.15) is 6.10 Å². The predicted octanol–water partition coefficient (Wildman–Crippen LogP) is 1.01. The molecule has 27 heavy (non-hydrogen) atoms. The van der Waals surface area contributed by atoms with Gasteiger partial charge in [-0.2, -0.15) is 0 Å². The molecular weight excluding hydrogens is 356 g/mol. The molecule has 0 amide bonds. The van der Waals surface area contributed by atoms with Crippen LogP contribution in [0.3, 0.4) is 0 Å². The first-order valence-electron chi connectivity index (χ1n) is 8.35. The largest absolute Gasteiger partial charge is 0.467 e. The fourth-order valence-corrected chi connectivity index (χ4v) is 2.15. The lowest BCUT2D eigenvalue weighted by Gasteiger charge is -2.20. The van der Waals surface area contributed by atoms with Crippen molar-refractivity contribution in [1.29, 1.82) is 0 Å². The molecule has 1 rings (SSSR count). The Morgan fingerprint density at radius 2 is 1.81 bits per heavy atom. The number of rotatable bonds is 10. The van der Waals surface area contributed by atoms with E-state index in [4.69, 9.17) is 9.47 Å². The summed E-state index contributed by atoms with van der Waals surface area (Å²) in [7, 11) is 1.08. The molecular formula is C19H24O8. The second kappa shape index (κ2) is 11.8. The first-order chi connectivity index (χ1) is 12.8. The number of carbonyl (C=O) groups excluding carboxylic acids is 3. The van der Waals surface area contributed by atoms with E-state index in [1.165, 1.54) is 13.0 Å². The van der Waals surface area contributed by atoms with E-state index in [9.17, 15) is 24.6 Å². The number of carbonyl (C=O) groups is 3. The van der Waals surface area contributed by atoms with E-state index in [1.54, 1.807) is 36.4 Å². The minimum absolute atomic E-state index is 0.115. The summed E-state index contributed by atoms with van der Waals surface area (Å²) in [4.78, 5) is 34.2. The third-order valence-corrected chi connectivity index (χ3v) is 3.48. The molecule has 0 radical (unpaired) electrons. The zero-order valence-corrected chi connectivity index (χ0v) is 15.2. The molecule has 0 aliphatic carbocycles. The lowest BCUT2D eigenvalue weighted by atomic mass is 10.1. The molecule has 0 heterocycles. The zero-order valence-electron chi connectivity index (χ0n) is 15.2.